The van der Waals surface area contributed by atoms with E-state index in [0.717, 1.165) is 81.1 Å². The highest BCUT2D eigenvalue weighted by Crippen LogP contribution is 2.26. The minimum absolute atomic E-state index is 0.263. The van der Waals surface area contributed by atoms with Gasteiger partial charge < -0.3 is 20.3 Å². The summed E-state index contributed by atoms with van der Waals surface area (Å²) in [7, 11) is 4.07. The molecule has 186 valence electrons. The number of anilines is 2. The summed E-state index contributed by atoms with van der Waals surface area (Å²) in [5, 5.41) is 8.49. The summed E-state index contributed by atoms with van der Waals surface area (Å²) in [5.74, 6) is 1.69. The van der Waals surface area contributed by atoms with Crippen molar-refractivity contribution in [1.29, 1.82) is 0 Å². The molecule has 1 aromatic heterocycles. The van der Waals surface area contributed by atoms with Gasteiger partial charge in [0.25, 0.3) is 0 Å². The van der Waals surface area contributed by atoms with E-state index in [4.69, 9.17) is 14.7 Å². The summed E-state index contributed by atoms with van der Waals surface area (Å²) >= 11 is 0. The maximum Gasteiger partial charge on any atom is 0.225 e. The fourth-order valence-electron chi connectivity index (χ4n) is 5.28. The maximum atomic E-state index is 6.07. The van der Waals surface area contributed by atoms with E-state index in [1.807, 2.05) is 26.2 Å². The number of hydrogen-bond acceptors (Lipinski definition) is 7. The minimum atomic E-state index is 0.263. The molecule has 1 aliphatic carbocycles. The molecule has 1 saturated carbocycles. The number of morpholine rings is 1. The number of fused-ring (bicyclic) bond motifs is 1. The molecular weight excluding hydrogens is 436 g/mol. The molecule has 3 aromatic rings. The molecular formula is C28H38N6O. The molecule has 7 nitrogen and oxygen atoms in total. The largest absolute Gasteiger partial charge is 0.374 e. The Hall–Kier alpha value is -2.74. The average Bonchev–Trinajstić information content (AvgIpc) is 2.88. The first kappa shape index (κ1) is 24.0. The smallest absolute Gasteiger partial charge is 0.225 e. The molecule has 1 saturated heterocycles. The van der Waals surface area contributed by atoms with Crippen LogP contribution >= 0.6 is 0 Å². The predicted molar refractivity (Wildman–Crippen MR) is 143 cm³/mol. The van der Waals surface area contributed by atoms with Gasteiger partial charge in [-0.2, -0.15) is 4.98 Å². The lowest BCUT2D eigenvalue weighted by Gasteiger charge is -2.35. The number of rotatable bonds is 8. The van der Waals surface area contributed by atoms with Crippen molar-refractivity contribution in [3.8, 4) is 0 Å². The number of para-hydroxylation sites is 1. The second-order valence-corrected chi connectivity index (χ2v) is 10.1. The molecule has 7 heteroatoms. The minimum Gasteiger partial charge on any atom is -0.374 e. The van der Waals surface area contributed by atoms with E-state index in [-0.39, 0.29) is 6.10 Å². The van der Waals surface area contributed by atoms with Crippen molar-refractivity contribution in [3.63, 3.8) is 0 Å². The number of ether oxygens (including phenoxy) is 1. The third kappa shape index (κ3) is 6.28. The van der Waals surface area contributed by atoms with Gasteiger partial charge in [-0.25, -0.2) is 4.98 Å². The molecule has 1 atom stereocenters. The Balaban J connectivity index is 1.08. The van der Waals surface area contributed by atoms with Crippen LogP contribution in [0.1, 0.15) is 31.2 Å². The van der Waals surface area contributed by atoms with Gasteiger partial charge in [0.15, 0.2) is 0 Å². The SMILES string of the molecule is CN(C)c1nc(NC2CCC(NCC3CN(Cc4ccccc4)CCO3)CC2)nc2ccccc12. The van der Waals surface area contributed by atoms with Crippen molar-refractivity contribution in [3.05, 3.63) is 60.2 Å². The molecule has 2 aromatic carbocycles. The Kier molecular flexibility index (Phi) is 7.76. The maximum absolute atomic E-state index is 6.07. The molecule has 35 heavy (non-hydrogen) atoms. The number of hydrogen-bond donors (Lipinski definition) is 2. The van der Waals surface area contributed by atoms with Crippen LogP contribution in [0.2, 0.25) is 0 Å². The summed E-state index contributed by atoms with van der Waals surface area (Å²) in [5.41, 5.74) is 2.36. The molecule has 0 radical (unpaired) electrons. The second-order valence-electron chi connectivity index (χ2n) is 10.1. The molecule has 0 bridgehead atoms. The van der Waals surface area contributed by atoms with Gasteiger partial charge in [-0.1, -0.05) is 42.5 Å². The fourth-order valence-corrected chi connectivity index (χ4v) is 5.28. The number of aromatic nitrogens is 2. The highest BCUT2D eigenvalue weighted by molar-refractivity contribution is 5.90. The van der Waals surface area contributed by atoms with E-state index < -0.39 is 0 Å². The Labute approximate surface area is 208 Å². The van der Waals surface area contributed by atoms with Crippen LogP contribution in [0.5, 0.6) is 0 Å². The monoisotopic (exact) mass is 474 g/mol. The van der Waals surface area contributed by atoms with Gasteiger partial charge in [0, 0.05) is 57.7 Å². The first-order valence-corrected chi connectivity index (χ1v) is 13.0. The standard InChI is InChI=1S/C28H38N6O/c1-33(2)27-25-10-6-7-11-26(25)31-28(32-27)30-23-14-12-22(13-15-23)29-18-24-20-34(16-17-35-24)19-21-8-4-3-5-9-21/h3-11,22-24,29H,12-20H2,1-2H3,(H,30,31,32). The zero-order valence-electron chi connectivity index (χ0n) is 21.0. The zero-order valence-corrected chi connectivity index (χ0v) is 21.0. The van der Waals surface area contributed by atoms with Crippen LogP contribution in [-0.2, 0) is 11.3 Å². The van der Waals surface area contributed by atoms with Crippen LogP contribution < -0.4 is 15.5 Å². The molecule has 2 aliphatic rings. The second kappa shape index (κ2) is 11.3. The lowest BCUT2D eigenvalue weighted by atomic mass is 9.91. The Morgan fingerprint density at radius 2 is 1.69 bits per heavy atom. The molecule has 2 heterocycles. The molecule has 0 spiro atoms. The summed E-state index contributed by atoms with van der Waals surface area (Å²) in [6.45, 7) is 4.75. The first-order chi connectivity index (χ1) is 17.1. The van der Waals surface area contributed by atoms with E-state index in [0.29, 0.717) is 12.1 Å². The van der Waals surface area contributed by atoms with Gasteiger partial charge in [-0.3, -0.25) is 4.90 Å². The third-order valence-corrected chi connectivity index (χ3v) is 7.17. The lowest BCUT2D eigenvalue weighted by molar-refractivity contribution is -0.0314. The van der Waals surface area contributed by atoms with Crippen LogP contribution in [0, 0.1) is 0 Å². The quantitative estimate of drug-likeness (QED) is 0.513. The average molecular weight is 475 g/mol. The van der Waals surface area contributed by atoms with Crippen molar-refractivity contribution in [2.75, 3.05) is 50.6 Å². The van der Waals surface area contributed by atoms with Gasteiger partial charge in [0.05, 0.1) is 18.2 Å². The summed E-state index contributed by atoms with van der Waals surface area (Å²) in [6, 6.07) is 19.9. The summed E-state index contributed by atoms with van der Waals surface area (Å²) < 4.78 is 6.07. The summed E-state index contributed by atoms with van der Waals surface area (Å²) in [6.07, 6.45) is 4.82. The Bertz CT molecular complexity index is 1080. The topological polar surface area (TPSA) is 65.6 Å². The van der Waals surface area contributed by atoms with E-state index in [1.165, 1.54) is 5.56 Å². The van der Waals surface area contributed by atoms with Crippen LogP contribution in [0.4, 0.5) is 11.8 Å². The normalized spacial score (nSPS) is 23.3. The Morgan fingerprint density at radius 3 is 2.49 bits per heavy atom. The van der Waals surface area contributed by atoms with Gasteiger partial charge >= 0.3 is 0 Å². The highest BCUT2D eigenvalue weighted by Gasteiger charge is 2.25. The van der Waals surface area contributed by atoms with Crippen LogP contribution in [0.15, 0.2) is 54.6 Å². The first-order valence-electron chi connectivity index (χ1n) is 13.0. The van der Waals surface area contributed by atoms with Crippen molar-refractivity contribution in [2.24, 2.45) is 0 Å². The molecule has 0 amide bonds. The van der Waals surface area contributed by atoms with E-state index in [2.05, 4.69) is 62.9 Å². The van der Waals surface area contributed by atoms with Gasteiger partial charge in [-0.15, -0.1) is 0 Å². The number of nitrogens with one attached hydrogen (secondary N) is 2. The zero-order chi connectivity index (χ0) is 24.0. The van der Waals surface area contributed by atoms with Gasteiger partial charge in [0.2, 0.25) is 5.95 Å². The van der Waals surface area contributed by atoms with Crippen molar-refractivity contribution < 1.29 is 4.74 Å². The number of nitrogens with zero attached hydrogens (tertiary/aromatic N) is 4. The molecule has 5 rings (SSSR count). The van der Waals surface area contributed by atoms with Crippen LogP contribution in [-0.4, -0.2) is 73.4 Å². The van der Waals surface area contributed by atoms with E-state index in [1.54, 1.807) is 0 Å². The molecule has 2 N–H and O–H groups in total. The van der Waals surface area contributed by atoms with Gasteiger partial charge in [0.1, 0.15) is 5.82 Å². The van der Waals surface area contributed by atoms with Crippen LogP contribution in [0.25, 0.3) is 10.9 Å². The summed E-state index contributed by atoms with van der Waals surface area (Å²) in [4.78, 5) is 14.2. The Morgan fingerprint density at radius 1 is 0.943 bits per heavy atom. The van der Waals surface area contributed by atoms with Gasteiger partial charge in [-0.05, 0) is 43.4 Å². The molecule has 1 aliphatic heterocycles. The van der Waals surface area contributed by atoms with Crippen LogP contribution in [0.3, 0.4) is 0 Å². The van der Waals surface area contributed by atoms with Crippen molar-refractivity contribution in [1.82, 2.24) is 20.2 Å². The number of benzene rings is 2. The van der Waals surface area contributed by atoms with Crippen molar-refractivity contribution >= 4 is 22.7 Å². The highest BCUT2D eigenvalue weighted by atomic mass is 16.5. The molecule has 1 unspecified atom stereocenters. The third-order valence-electron chi connectivity index (χ3n) is 7.17. The predicted octanol–water partition coefficient (Wildman–Crippen LogP) is 3.91. The van der Waals surface area contributed by atoms with Crippen molar-refractivity contribution in [2.45, 2.75) is 50.4 Å². The lowest BCUT2D eigenvalue weighted by Crippen LogP contribution is -2.48. The fraction of sp³-hybridized carbons (Fsp3) is 0.500. The molecule has 2 fully saturated rings. The van der Waals surface area contributed by atoms with E-state index in [9.17, 15) is 0 Å². The van der Waals surface area contributed by atoms with E-state index >= 15 is 0 Å².